The van der Waals surface area contributed by atoms with E-state index in [-0.39, 0.29) is 11.8 Å². The summed E-state index contributed by atoms with van der Waals surface area (Å²) >= 11 is 6.00. The van der Waals surface area contributed by atoms with Crippen molar-refractivity contribution in [3.8, 4) is 5.69 Å². The molecule has 26 heavy (non-hydrogen) atoms. The molecule has 1 N–H and O–H groups in total. The second-order valence-corrected chi connectivity index (χ2v) is 7.74. The summed E-state index contributed by atoms with van der Waals surface area (Å²) in [4.78, 5) is 15.2. The number of halogens is 1. The molecule has 1 aliphatic rings. The van der Waals surface area contributed by atoms with Gasteiger partial charge in [0.15, 0.2) is 0 Å². The van der Waals surface area contributed by atoms with E-state index in [2.05, 4.69) is 24.3 Å². The smallest absolute Gasteiger partial charge is 0.257 e. The number of likely N-dealkylation sites (tertiary alicyclic amines) is 1. The summed E-state index contributed by atoms with van der Waals surface area (Å²) in [5, 5.41) is 8.44. The van der Waals surface area contributed by atoms with Crippen LogP contribution >= 0.6 is 11.6 Å². The lowest BCUT2D eigenvalue weighted by atomic mass is 9.96. The zero-order valence-corrected chi connectivity index (χ0v) is 16.5. The molecule has 1 aromatic heterocycles. The van der Waals surface area contributed by atoms with Gasteiger partial charge in [0, 0.05) is 18.1 Å². The number of hydrogen-bond acceptors (Lipinski definition) is 3. The molecular weight excluding hydrogens is 348 g/mol. The van der Waals surface area contributed by atoms with Crippen LogP contribution in [0.15, 0.2) is 30.5 Å². The molecule has 140 valence electrons. The van der Waals surface area contributed by atoms with Crippen LogP contribution in [-0.4, -0.2) is 47.3 Å². The van der Waals surface area contributed by atoms with Crippen LogP contribution in [0.25, 0.3) is 5.69 Å². The average Bonchev–Trinajstić information content (AvgIpc) is 3.07. The van der Waals surface area contributed by atoms with Crippen molar-refractivity contribution in [1.29, 1.82) is 0 Å². The highest BCUT2D eigenvalue weighted by Crippen LogP contribution is 2.26. The maximum Gasteiger partial charge on any atom is 0.257 e. The molecule has 6 heteroatoms. The van der Waals surface area contributed by atoms with Crippen molar-refractivity contribution in [2.24, 2.45) is 5.92 Å². The van der Waals surface area contributed by atoms with Crippen LogP contribution < -0.4 is 5.32 Å². The van der Waals surface area contributed by atoms with Gasteiger partial charge in [-0.15, -0.1) is 0 Å². The minimum atomic E-state index is 0.0923. The normalized spacial score (nSPS) is 17.7. The molecular formula is C20H27ClN4O. The Balaban J connectivity index is 1.90. The van der Waals surface area contributed by atoms with Gasteiger partial charge in [0.05, 0.1) is 23.1 Å². The Kier molecular flexibility index (Phi) is 5.99. The van der Waals surface area contributed by atoms with Crippen molar-refractivity contribution < 1.29 is 4.79 Å². The molecule has 0 spiro atoms. The first-order valence-electron chi connectivity index (χ1n) is 9.29. The van der Waals surface area contributed by atoms with Crippen LogP contribution in [-0.2, 0) is 0 Å². The number of benzene rings is 1. The summed E-state index contributed by atoms with van der Waals surface area (Å²) < 4.78 is 1.86. The number of nitrogens with zero attached hydrogens (tertiary/aromatic N) is 3. The molecule has 2 aromatic rings. The lowest BCUT2D eigenvalue weighted by molar-refractivity contribution is 0.0672. The van der Waals surface area contributed by atoms with E-state index in [0.717, 1.165) is 37.4 Å². The average molecular weight is 375 g/mol. The summed E-state index contributed by atoms with van der Waals surface area (Å²) in [6.45, 7) is 6.78. The van der Waals surface area contributed by atoms with Crippen LogP contribution in [0.2, 0.25) is 5.02 Å². The van der Waals surface area contributed by atoms with Crippen LogP contribution in [0, 0.1) is 5.92 Å². The van der Waals surface area contributed by atoms with Gasteiger partial charge in [-0.2, -0.15) is 5.10 Å². The summed E-state index contributed by atoms with van der Waals surface area (Å²) in [5.74, 6) is 0.797. The van der Waals surface area contributed by atoms with Crippen LogP contribution in [0.5, 0.6) is 0 Å². The molecule has 1 saturated heterocycles. The molecule has 1 aliphatic heterocycles. The fourth-order valence-corrected chi connectivity index (χ4v) is 3.87. The molecule has 1 fully saturated rings. The first-order chi connectivity index (χ1) is 12.5. The highest BCUT2D eigenvalue weighted by molar-refractivity contribution is 6.30. The Morgan fingerprint density at radius 1 is 1.35 bits per heavy atom. The van der Waals surface area contributed by atoms with Gasteiger partial charge < -0.3 is 10.2 Å². The number of hydrogen-bond donors (Lipinski definition) is 1. The summed E-state index contributed by atoms with van der Waals surface area (Å²) in [5.41, 5.74) is 2.58. The predicted octanol–water partition coefficient (Wildman–Crippen LogP) is 3.72. The van der Waals surface area contributed by atoms with Gasteiger partial charge in [0.2, 0.25) is 0 Å². The number of carbonyl (C=O) groups excluding carboxylic acids is 1. The standard InChI is InChI=1S/C20H27ClN4O/c1-14(2)19-18(12-23-25(19)17-8-6-16(21)7-9-17)20(26)24-10-4-5-15(13-24)11-22-3/h6-9,12,14-15,22H,4-5,10-11,13H2,1-3H3/t15-/m0/s1. The van der Waals surface area contributed by atoms with E-state index in [1.54, 1.807) is 6.20 Å². The van der Waals surface area contributed by atoms with Gasteiger partial charge in [-0.3, -0.25) is 4.79 Å². The third-order valence-corrected chi connectivity index (χ3v) is 5.21. The molecule has 1 aromatic carbocycles. The van der Waals surface area contributed by atoms with E-state index in [1.807, 2.05) is 40.9 Å². The van der Waals surface area contributed by atoms with Crippen LogP contribution in [0.3, 0.4) is 0 Å². The van der Waals surface area contributed by atoms with Gasteiger partial charge >= 0.3 is 0 Å². The Hall–Kier alpha value is -1.85. The molecule has 1 atom stereocenters. The van der Waals surface area contributed by atoms with Gasteiger partial charge in [-0.05, 0) is 62.5 Å². The van der Waals surface area contributed by atoms with Crippen molar-refractivity contribution in [2.45, 2.75) is 32.6 Å². The zero-order chi connectivity index (χ0) is 18.7. The minimum Gasteiger partial charge on any atom is -0.338 e. The van der Waals surface area contributed by atoms with Crippen molar-refractivity contribution in [2.75, 3.05) is 26.7 Å². The summed E-state index contributed by atoms with van der Waals surface area (Å²) in [7, 11) is 1.97. The largest absolute Gasteiger partial charge is 0.338 e. The highest BCUT2D eigenvalue weighted by atomic mass is 35.5. The predicted molar refractivity (Wildman–Crippen MR) is 105 cm³/mol. The number of amides is 1. The maximum atomic E-state index is 13.2. The van der Waals surface area contributed by atoms with E-state index in [4.69, 9.17) is 11.6 Å². The van der Waals surface area contributed by atoms with Crippen molar-refractivity contribution in [3.63, 3.8) is 0 Å². The number of piperidine rings is 1. The van der Waals surface area contributed by atoms with Gasteiger partial charge in [0.25, 0.3) is 5.91 Å². The van der Waals surface area contributed by atoms with Crippen molar-refractivity contribution in [3.05, 3.63) is 46.7 Å². The van der Waals surface area contributed by atoms with Gasteiger partial charge in [-0.25, -0.2) is 4.68 Å². The minimum absolute atomic E-state index is 0.0923. The van der Waals surface area contributed by atoms with Crippen molar-refractivity contribution >= 4 is 17.5 Å². The topological polar surface area (TPSA) is 50.2 Å². The fourth-order valence-electron chi connectivity index (χ4n) is 3.74. The number of aromatic nitrogens is 2. The molecule has 0 saturated carbocycles. The van der Waals surface area contributed by atoms with E-state index < -0.39 is 0 Å². The Morgan fingerprint density at radius 2 is 2.08 bits per heavy atom. The van der Waals surface area contributed by atoms with Gasteiger partial charge in [-0.1, -0.05) is 25.4 Å². The van der Waals surface area contributed by atoms with E-state index in [1.165, 1.54) is 6.42 Å². The van der Waals surface area contributed by atoms with Crippen LogP contribution in [0.4, 0.5) is 0 Å². The third kappa shape index (κ3) is 3.94. The molecule has 2 heterocycles. The fraction of sp³-hybridized carbons (Fsp3) is 0.500. The Morgan fingerprint density at radius 3 is 2.73 bits per heavy atom. The second kappa shape index (κ2) is 8.23. The molecule has 0 radical (unpaired) electrons. The summed E-state index contributed by atoms with van der Waals surface area (Å²) in [6.07, 6.45) is 3.94. The quantitative estimate of drug-likeness (QED) is 0.867. The molecule has 0 unspecified atom stereocenters. The molecule has 0 bridgehead atoms. The SMILES string of the molecule is CNC[C@@H]1CCCN(C(=O)c2cnn(-c3ccc(Cl)cc3)c2C(C)C)C1. The highest BCUT2D eigenvalue weighted by Gasteiger charge is 2.28. The van der Waals surface area contributed by atoms with Gasteiger partial charge in [0.1, 0.15) is 0 Å². The number of nitrogens with one attached hydrogen (secondary N) is 1. The van der Waals surface area contributed by atoms with Crippen molar-refractivity contribution in [1.82, 2.24) is 20.0 Å². The maximum absolute atomic E-state index is 13.2. The third-order valence-electron chi connectivity index (χ3n) is 4.95. The van der Waals surface area contributed by atoms with E-state index in [9.17, 15) is 4.79 Å². The summed E-state index contributed by atoms with van der Waals surface area (Å²) in [6, 6.07) is 7.55. The Labute approximate surface area is 160 Å². The van der Waals surface area contributed by atoms with Crippen LogP contribution in [0.1, 0.15) is 48.7 Å². The van der Waals surface area contributed by atoms with E-state index in [0.29, 0.717) is 16.5 Å². The van der Waals surface area contributed by atoms with E-state index >= 15 is 0 Å². The first-order valence-corrected chi connectivity index (χ1v) is 9.66. The first kappa shape index (κ1) is 18.9. The zero-order valence-electron chi connectivity index (χ0n) is 15.7. The lowest BCUT2D eigenvalue weighted by Gasteiger charge is -2.33. The lowest BCUT2D eigenvalue weighted by Crippen LogP contribution is -2.42. The molecule has 1 amide bonds. The molecule has 3 rings (SSSR count). The second-order valence-electron chi connectivity index (χ2n) is 7.30. The molecule has 0 aliphatic carbocycles. The Bertz CT molecular complexity index is 752. The number of rotatable bonds is 5. The monoisotopic (exact) mass is 374 g/mol. The molecule has 5 nitrogen and oxygen atoms in total. The number of carbonyl (C=O) groups is 1.